The summed E-state index contributed by atoms with van der Waals surface area (Å²) in [4.78, 5) is 74.6. The molecule has 60 heavy (non-hydrogen) atoms. The van der Waals surface area contributed by atoms with Crippen molar-refractivity contribution < 1.29 is 48.5 Å². The van der Waals surface area contributed by atoms with Crippen molar-refractivity contribution in [2.24, 2.45) is 10.8 Å². The maximum atomic E-state index is 13.1. The maximum Gasteiger partial charge on any atom is 0.410 e. The highest BCUT2D eigenvalue weighted by Gasteiger charge is 2.41. The first-order valence-corrected chi connectivity index (χ1v) is 19.7. The zero-order valence-electron chi connectivity index (χ0n) is 37.1. The molecule has 2 atom stereocenters. The van der Waals surface area contributed by atoms with Crippen molar-refractivity contribution in [2.75, 3.05) is 27.2 Å². The van der Waals surface area contributed by atoms with Gasteiger partial charge in [0.05, 0.1) is 0 Å². The Morgan fingerprint density at radius 1 is 0.583 bits per heavy atom. The Bertz CT molecular complexity index is 1900. The smallest absolute Gasteiger partial charge is 0.410 e. The zero-order valence-corrected chi connectivity index (χ0v) is 37.1. The van der Waals surface area contributed by atoms with Crippen LogP contribution in [-0.2, 0) is 28.7 Å². The number of aliphatic carboxylic acids is 2. The number of amides is 2. The van der Waals surface area contributed by atoms with Crippen molar-refractivity contribution in [2.45, 2.75) is 94.3 Å². The van der Waals surface area contributed by atoms with E-state index in [1.807, 2.05) is 140 Å². The second kappa shape index (κ2) is 22.4. The fraction of sp³-hybridized carbons (Fsp3) is 0.417. The van der Waals surface area contributed by atoms with Gasteiger partial charge >= 0.3 is 24.1 Å². The molecule has 2 aliphatic carbocycles. The Kier molecular flexibility index (Phi) is 18.7. The number of carbonyl (C=O) groups is 6. The average Bonchev–Trinajstić information content (AvgIpc) is 3.13. The van der Waals surface area contributed by atoms with Gasteiger partial charge in [0, 0.05) is 26.9 Å². The third kappa shape index (κ3) is 15.6. The van der Waals surface area contributed by atoms with Crippen LogP contribution in [0.4, 0.5) is 9.59 Å². The molecule has 12 nitrogen and oxygen atoms in total. The summed E-state index contributed by atoms with van der Waals surface area (Å²) in [5, 5.41) is 17.9. The molecule has 2 unspecified atom stereocenters. The largest absolute Gasteiger partial charge is 0.480 e. The summed E-state index contributed by atoms with van der Waals surface area (Å²) in [5.41, 5.74) is 5.85. The number of allylic oxidation sites excluding steroid dienone is 20. The van der Waals surface area contributed by atoms with Crippen LogP contribution in [0.25, 0.3) is 0 Å². The van der Waals surface area contributed by atoms with E-state index in [4.69, 9.17) is 19.7 Å². The molecule has 2 rings (SSSR count). The minimum atomic E-state index is -1.17. The Balaban J connectivity index is 1.99. The molecule has 0 fully saturated rings. The number of rotatable bonds is 16. The summed E-state index contributed by atoms with van der Waals surface area (Å²) in [6, 6.07) is 0. The molecule has 0 saturated carbocycles. The highest BCUT2D eigenvalue weighted by atomic mass is 16.6. The number of nitrogens with zero attached hydrogens (tertiary/aromatic N) is 2. The number of hydrogen-bond acceptors (Lipinski definition) is 8. The van der Waals surface area contributed by atoms with Crippen LogP contribution in [0.2, 0.25) is 0 Å². The Hall–Kier alpha value is -6.04. The molecule has 0 aromatic rings. The third-order valence-electron chi connectivity index (χ3n) is 10.1. The predicted molar refractivity (Wildman–Crippen MR) is 234 cm³/mol. The molecule has 0 heterocycles. The van der Waals surface area contributed by atoms with Gasteiger partial charge in [-0.15, -0.1) is 0 Å². The lowest BCUT2D eigenvalue weighted by molar-refractivity contribution is -0.139. The minimum Gasteiger partial charge on any atom is -0.480 e. The van der Waals surface area contributed by atoms with E-state index >= 15 is 0 Å². The van der Waals surface area contributed by atoms with Gasteiger partial charge in [-0.05, 0) is 74.7 Å². The number of carboxylic acids is 2. The van der Waals surface area contributed by atoms with Crippen LogP contribution >= 0.6 is 0 Å². The topological polar surface area (TPSA) is 168 Å². The second-order valence-electron chi connectivity index (χ2n) is 16.6. The van der Waals surface area contributed by atoms with Gasteiger partial charge in [0.1, 0.15) is 13.1 Å². The fourth-order valence-corrected chi connectivity index (χ4v) is 6.72. The molecule has 0 aromatic heterocycles. The van der Waals surface area contributed by atoms with Crippen molar-refractivity contribution >= 4 is 35.7 Å². The monoisotopic (exact) mass is 826 g/mol. The van der Waals surface area contributed by atoms with Gasteiger partial charge in [0.2, 0.25) is 0 Å². The lowest BCUT2D eigenvalue weighted by atomic mass is 9.71. The standard InChI is InChI=1S/C48H62N2O10/c1-31(19-15-21-33(3)23-25-37-35(5)43(55)39(27-47(37,7)8)59-45(57)49(11)29-41(51)52)17-13-14-18-32(2)20-16-22-34(4)24-26-38-36(6)44(56)40(28-48(38,9)10)60-46(58)50(12)30-42(53)54/h13-26,39-40H,27-30H2,1-12H3,(H,51,52)(H,53,54). The molecule has 12 heteroatoms. The van der Waals surface area contributed by atoms with E-state index in [9.17, 15) is 28.8 Å². The number of ether oxygens (including phenoxy) is 2. The number of likely N-dealkylation sites (N-methyl/N-ethyl adjacent to an activating group) is 2. The Morgan fingerprint density at radius 2 is 0.883 bits per heavy atom. The molecule has 2 N–H and O–H groups in total. The van der Waals surface area contributed by atoms with Gasteiger partial charge in [0.15, 0.2) is 23.8 Å². The lowest BCUT2D eigenvalue weighted by Gasteiger charge is -2.36. The number of carboxylic acid groups (broad SMARTS) is 2. The molecule has 0 bridgehead atoms. The molecule has 2 aliphatic rings. The zero-order chi connectivity index (χ0) is 45.5. The van der Waals surface area contributed by atoms with Crippen molar-refractivity contribution in [3.05, 3.63) is 130 Å². The summed E-state index contributed by atoms with van der Waals surface area (Å²) in [6.45, 7) is 18.3. The number of Topliss-reactive ketones (excluding diaryl/α,β-unsaturated/α-hetero) is 2. The lowest BCUT2D eigenvalue weighted by Crippen LogP contribution is -2.42. The highest BCUT2D eigenvalue weighted by molar-refractivity contribution is 6.02. The first kappa shape index (κ1) is 50.1. The normalized spacial score (nSPS) is 20.7. The van der Waals surface area contributed by atoms with Crippen LogP contribution < -0.4 is 0 Å². The van der Waals surface area contributed by atoms with Crippen LogP contribution in [0.1, 0.15) is 82.1 Å². The van der Waals surface area contributed by atoms with Crippen LogP contribution in [-0.4, -0.2) is 95.1 Å². The summed E-state index contributed by atoms with van der Waals surface area (Å²) in [6.07, 6.45) is 24.4. The van der Waals surface area contributed by atoms with Gasteiger partial charge in [-0.25, -0.2) is 9.59 Å². The first-order valence-electron chi connectivity index (χ1n) is 19.7. The molecule has 324 valence electrons. The van der Waals surface area contributed by atoms with E-state index in [1.54, 1.807) is 13.8 Å². The third-order valence-corrected chi connectivity index (χ3v) is 10.1. The molecule has 0 saturated heterocycles. The first-order chi connectivity index (χ1) is 27.9. The molecule has 0 aromatic carbocycles. The second-order valence-corrected chi connectivity index (χ2v) is 16.6. The van der Waals surface area contributed by atoms with Gasteiger partial charge < -0.3 is 29.5 Å². The van der Waals surface area contributed by atoms with E-state index < -0.39 is 60.3 Å². The predicted octanol–water partition coefficient (Wildman–Crippen LogP) is 9.23. The maximum absolute atomic E-state index is 13.1. The van der Waals surface area contributed by atoms with Crippen LogP contribution in [0.5, 0.6) is 0 Å². The SMILES string of the molecule is CC(C=CC=C(C)C=CC1=C(C)C(=O)C(OC(=O)N(C)CC(=O)O)CC1(C)C)=CC=CC=C(C)C=CC=C(C)C=CC1=C(C)C(=O)C(OC(=O)N(C)CC(=O)O)CC1(C)C. The van der Waals surface area contributed by atoms with Crippen LogP contribution in [0.3, 0.4) is 0 Å². The van der Waals surface area contributed by atoms with E-state index in [0.29, 0.717) is 11.1 Å². The van der Waals surface area contributed by atoms with Crippen molar-refractivity contribution in [3.63, 3.8) is 0 Å². The Morgan fingerprint density at radius 3 is 1.20 bits per heavy atom. The quantitative estimate of drug-likeness (QED) is 0.143. The van der Waals surface area contributed by atoms with E-state index in [1.165, 1.54) is 14.1 Å². The van der Waals surface area contributed by atoms with Crippen molar-refractivity contribution in [3.8, 4) is 0 Å². The Labute approximate surface area is 355 Å². The van der Waals surface area contributed by atoms with Gasteiger partial charge in [0.25, 0.3) is 0 Å². The molecule has 0 radical (unpaired) electrons. The minimum absolute atomic E-state index is 0.281. The van der Waals surface area contributed by atoms with Gasteiger partial charge in [-0.3, -0.25) is 19.2 Å². The van der Waals surface area contributed by atoms with Crippen LogP contribution in [0.15, 0.2) is 130 Å². The fourth-order valence-electron chi connectivity index (χ4n) is 6.72. The number of ketones is 2. The number of carbonyl (C=O) groups excluding carboxylic acids is 4. The molecule has 0 spiro atoms. The van der Waals surface area contributed by atoms with Gasteiger partial charge in [-0.2, -0.15) is 0 Å². The van der Waals surface area contributed by atoms with Crippen molar-refractivity contribution in [1.82, 2.24) is 9.80 Å². The summed E-state index contributed by atoms with van der Waals surface area (Å²) >= 11 is 0. The van der Waals surface area contributed by atoms with Crippen LogP contribution in [0, 0.1) is 10.8 Å². The highest BCUT2D eigenvalue weighted by Crippen LogP contribution is 2.42. The molecular formula is C48H62N2O10. The summed E-state index contributed by atoms with van der Waals surface area (Å²) in [7, 11) is 2.63. The van der Waals surface area contributed by atoms with E-state index in [-0.39, 0.29) is 24.4 Å². The molecular weight excluding hydrogens is 765 g/mol. The van der Waals surface area contributed by atoms with E-state index in [0.717, 1.165) is 43.2 Å². The number of hydrogen-bond donors (Lipinski definition) is 2. The van der Waals surface area contributed by atoms with Gasteiger partial charge in [-0.1, -0.05) is 135 Å². The average molecular weight is 827 g/mol. The molecule has 2 amide bonds. The summed E-state index contributed by atoms with van der Waals surface area (Å²) in [5.74, 6) is -2.93. The van der Waals surface area contributed by atoms with E-state index in [2.05, 4.69) is 0 Å². The van der Waals surface area contributed by atoms with Crippen molar-refractivity contribution in [1.29, 1.82) is 0 Å². The molecule has 0 aliphatic heterocycles. The summed E-state index contributed by atoms with van der Waals surface area (Å²) < 4.78 is 10.8.